The number of para-hydroxylation sites is 1. The highest BCUT2D eigenvalue weighted by atomic mass is 19.1. The fourth-order valence-corrected chi connectivity index (χ4v) is 2.84. The van der Waals surface area contributed by atoms with Gasteiger partial charge < -0.3 is 10.6 Å². The van der Waals surface area contributed by atoms with Crippen molar-refractivity contribution >= 4 is 11.6 Å². The maximum absolute atomic E-state index is 13.1. The van der Waals surface area contributed by atoms with E-state index in [1.165, 1.54) is 25.0 Å². The van der Waals surface area contributed by atoms with Crippen molar-refractivity contribution in [1.29, 1.82) is 0 Å². The van der Waals surface area contributed by atoms with Crippen molar-refractivity contribution in [3.8, 4) is 0 Å². The van der Waals surface area contributed by atoms with Crippen molar-refractivity contribution in [3.05, 3.63) is 65.5 Å². The third-order valence-electron chi connectivity index (χ3n) is 4.48. The van der Waals surface area contributed by atoms with Gasteiger partial charge in [0, 0.05) is 25.2 Å². The Morgan fingerprint density at radius 3 is 2.50 bits per heavy atom. The SMILES string of the molecule is Nc1ccccc1CCC(=O)N(Cc1ccc(F)cc1)CC1CC1. The predicted octanol–water partition coefficient (Wildman–Crippen LogP) is 3.78. The number of benzene rings is 2. The molecule has 0 aliphatic heterocycles. The minimum atomic E-state index is -0.252. The molecule has 1 fully saturated rings. The normalized spacial score (nSPS) is 13.7. The highest BCUT2D eigenvalue weighted by Crippen LogP contribution is 2.30. The number of nitrogens with zero attached hydrogens (tertiary/aromatic N) is 1. The van der Waals surface area contributed by atoms with Crippen LogP contribution < -0.4 is 5.73 Å². The number of aryl methyl sites for hydroxylation is 1. The summed E-state index contributed by atoms with van der Waals surface area (Å²) >= 11 is 0. The summed E-state index contributed by atoms with van der Waals surface area (Å²) < 4.78 is 13.1. The standard InChI is InChI=1S/C20H23FN2O/c21-18-10-7-16(8-11-18)14-23(13-15-5-6-15)20(24)12-9-17-3-1-2-4-19(17)22/h1-4,7-8,10-11,15H,5-6,9,12-14,22H2. The molecule has 24 heavy (non-hydrogen) atoms. The molecule has 3 nitrogen and oxygen atoms in total. The van der Waals surface area contributed by atoms with E-state index < -0.39 is 0 Å². The molecule has 4 heteroatoms. The lowest BCUT2D eigenvalue weighted by Gasteiger charge is -2.23. The van der Waals surface area contributed by atoms with E-state index in [0.717, 1.165) is 23.4 Å². The van der Waals surface area contributed by atoms with Crippen molar-refractivity contribution in [2.24, 2.45) is 5.92 Å². The zero-order valence-electron chi connectivity index (χ0n) is 13.7. The molecule has 0 atom stereocenters. The zero-order valence-corrected chi connectivity index (χ0v) is 13.7. The van der Waals surface area contributed by atoms with E-state index in [0.29, 0.717) is 25.3 Å². The molecule has 0 aromatic heterocycles. The molecule has 2 N–H and O–H groups in total. The van der Waals surface area contributed by atoms with E-state index in [-0.39, 0.29) is 11.7 Å². The maximum atomic E-state index is 13.1. The predicted molar refractivity (Wildman–Crippen MR) is 93.7 cm³/mol. The van der Waals surface area contributed by atoms with Gasteiger partial charge >= 0.3 is 0 Å². The fraction of sp³-hybridized carbons (Fsp3) is 0.350. The Morgan fingerprint density at radius 2 is 1.83 bits per heavy atom. The van der Waals surface area contributed by atoms with E-state index in [1.54, 1.807) is 12.1 Å². The molecule has 1 amide bonds. The molecule has 3 rings (SSSR count). The van der Waals surface area contributed by atoms with Crippen LogP contribution in [-0.2, 0) is 17.8 Å². The summed E-state index contributed by atoms with van der Waals surface area (Å²) in [5.41, 5.74) is 8.66. The van der Waals surface area contributed by atoms with Crippen LogP contribution in [0.1, 0.15) is 30.4 Å². The van der Waals surface area contributed by atoms with E-state index in [1.807, 2.05) is 29.2 Å². The van der Waals surface area contributed by atoms with Gasteiger partial charge in [-0.25, -0.2) is 4.39 Å². The Bertz CT molecular complexity index is 695. The van der Waals surface area contributed by atoms with Crippen LogP contribution in [-0.4, -0.2) is 17.4 Å². The van der Waals surface area contributed by atoms with Gasteiger partial charge in [-0.05, 0) is 54.5 Å². The molecular formula is C20H23FN2O. The molecule has 1 aliphatic rings. The van der Waals surface area contributed by atoms with Gasteiger partial charge in [0.25, 0.3) is 0 Å². The number of nitrogen functional groups attached to an aromatic ring is 1. The minimum Gasteiger partial charge on any atom is -0.399 e. The number of nitrogens with two attached hydrogens (primary N) is 1. The molecule has 0 spiro atoms. The number of hydrogen-bond acceptors (Lipinski definition) is 2. The van der Waals surface area contributed by atoms with Gasteiger partial charge in [0.1, 0.15) is 5.82 Å². The first kappa shape index (κ1) is 16.5. The second-order valence-electron chi connectivity index (χ2n) is 6.54. The first-order valence-corrected chi connectivity index (χ1v) is 8.47. The topological polar surface area (TPSA) is 46.3 Å². The third-order valence-corrected chi connectivity index (χ3v) is 4.48. The zero-order chi connectivity index (χ0) is 16.9. The minimum absolute atomic E-state index is 0.134. The quantitative estimate of drug-likeness (QED) is 0.787. The van der Waals surface area contributed by atoms with Gasteiger partial charge in [0.2, 0.25) is 5.91 Å². The number of carbonyl (C=O) groups is 1. The Labute approximate surface area is 142 Å². The Morgan fingerprint density at radius 1 is 1.12 bits per heavy atom. The number of rotatable bonds is 7. The van der Waals surface area contributed by atoms with Crippen molar-refractivity contribution in [2.45, 2.75) is 32.2 Å². The fourth-order valence-electron chi connectivity index (χ4n) is 2.84. The molecular weight excluding hydrogens is 303 g/mol. The number of carbonyl (C=O) groups excluding carboxylic acids is 1. The van der Waals surface area contributed by atoms with Crippen molar-refractivity contribution < 1.29 is 9.18 Å². The monoisotopic (exact) mass is 326 g/mol. The summed E-state index contributed by atoms with van der Waals surface area (Å²) in [4.78, 5) is 14.6. The summed E-state index contributed by atoms with van der Waals surface area (Å²) in [6, 6.07) is 14.0. The number of amides is 1. The van der Waals surface area contributed by atoms with Gasteiger partial charge in [0.05, 0.1) is 0 Å². The Hall–Kier alpha value is -2.36. The van der Waals surface area contributed by atoms with Crippen LogP contribution in [0.5, 0.6) is 0 Å². The molecule has 2 aromatic carbocycles. The molecule has 0 bridgehead atoms. The second-order valence-corrected chi connectivity index (χ2v) is 6.54. The van der Waals surface area contributed by atoms with E-state index in [4.69, 9.17) is 5.73 Å². The number of anilines is 1. The van der Waals surface area contributed by atoms with Gasteiger partial charge in [-0.15, -0.1) is 0 Å². The van der Waals surface area contributed by atoms with E-state index >= 15 is 0 Å². The van der Waals surface area contributed by atoms with Crippen LogP contribution in [0.15, 0.2) is 48.5 Å². The van der Waals surface area contributed by atoms with Crippen molar-refractivity contribution in [3.63, 3.8) is 0 Å². The lowest BCUT2D eigenvalue weighted by atomic mass is 10.1. The Kier molecular flexibility index (Phi) is 5.14. The lowest BCUT2D eigenvalue weighted by molar-refractivity contribution is -0.132. The number of halogens is 1. The van der Waals surface area contributed by atoms with E-state index in [2.05, 4.69) is 0 Å². The van der Waals surface area contributed by atoms with Crippen molar-refractivity contribution in [2.75, 3.05) is 12.3 Å². The third kappa shape index (κ3) is 4.57. The summed E-state index contributed by atoms with van der Waals surface area (Å²) in [5, 5.41) is 0. The summed E-state index contributed by atoms with van der Waals surface area (Å²) in [6.07, 6.45) is 3.48. The largest absolute Gasteiger partial charge is 0.399 e. The van der Waals surface area contributed by atoms with Crippen LogP contribution in [0.25, 0.3) is 0 Å². The van der Waals surface area contributed by atoms with Crippen LogP contribution in [0.3, 0.4) is 0 Å². The summed E-state index contributed by atoms with van der Waals surface area (Å²) in [5.74, 6) is 0.504. The molecule has 0 heterocycles. The van der Waals surface area contributed by atoms with Crippen LogP contribution in [0, 0.1) is 11.7 Å². The summed E-state index contributed by atoms with van der Waals surface area (Å²) in [7, 11) is 0. The molecule has 2 aromatic rings. The average Bonchev–Trinajstić information content (AvgIpc) is 3.39. The highest BCUT2D eigenvalue weighted by molar-refractivity contribution is 5.76. The lowest BCUT2D eigenvalue weighted by Crippen LogP contribution is -2.32. The van der Waals surface area contributed by atoms with Crippen LogP contribution >= 0.6 is 0 Å². The van der Waals surface area contributed by atoms with Gasteiger partial charge in [0.15, 0.2) is 0 Å². The molecule has 1 aliphatic carbocycles. The highest BCUT2D eigenvalue weighted by Gasteiger charge is 2.26. The van der Waals surface area contributed by atoms with Gasteiger partial charge in [-0.1, -0.05) is 30.3 Å². The van der Waals surface area contributed by atoms with Crippen LogP contribution in [0.2, 0.25) is 0 Å². The second kappa shape index (κ2) is 7.47. The maximum Gasteiger partial charge on any atom is 0.223 e. The van der Waals surface area contributed by atoms with E-state index in [9.17, 15) is 9.18 Å². The van der Waals surface area contributed by atoms with Crippen LogP contribution in [0.4, 0.5) is 10.1 Å². The Balaban J connectivity index is 1.62. The molecule has 126 valence electrons. The van der Waals surface area contributed by atoms with Gasteiger partial charge in [-0.2, -0.15) is 0 Å². The van der Waals surface area contributed by atoms with Crippen molar-refractivity contribution in [1.82, 2.24) is 4.90 Å². The van der Waals surface area contributed by atoms with Gasteiger partial charge in [-0.3, -0.25) is 4.79 Å². The summed E-state index contributed by atoms with van der Waals surface area (Å²) in [6.45, 7) is 1.33. The smallest absolute Gasteiger partial charge is 0.223 e. The average molecular weight is 326 g/mol. The molecule has 0 radical (unpaired) electrons. The number of hydrogen-bond donors (Lipinski definition) is 1. The molecule has 1 saturated carbocycles. The first-order valence-electron chi connectivity index (χ1n) is 8.47. The molecule has 0 unspecified atom stereocenters. The first-order chi connectivity index (χ1) is 11.6. The molecule has 0 saturated heterocycles.